The number of amides is 1. The smallest absolute Gasteiger partial charge is 0.475 e. The summed E-state index contributed by atoms with van der Waals surface area (Å²) in [6.45, 7) is 1.95. The van der Waals surface area contributed by atoms with Gasteiger partial charge in [0.05, 0.1) is 6.10 Å². The highest BCUT2D eigenvalue weighted by Gasteiger charge is 2.38. The first-order valence-electron chi connectivity index (χ1n) is 12.4. The second kappa shape index (κ2) is 14.3. The molecule has 3 unspecified atom stereocenters. The minimum Gasteiger partial charge on any atom is -0.475 e. The Morgan fingerprint density at radius 1 is 0.949 bits per heavy atom. The van der Waals surface area contributed by atoms with Crippen molar-refractivity contribution < 1.29 is 37.7 Å². The molecule has 208 valence electrons. The van der Waals surface area contributed by atoms with Crippen molar-refractivity contribution in [3.05, 3.63) is 107 Å². The molecule has 3 aromatic rings. The number of carboxylic acid groups (broad SMARTS) is 1. The van der Waals surface area contributed by atoms with Crippen LogP contribution >= 0.6 is 0 Å². The van der Waals surface area contributed by atoms with E-state index in [9.17, 15) is 23.1 Å². The largest absolute Gasteiger partial charge is 0.490 e. The van der Waals surface area contributed by atoms with E-state index >= 15 is 0 Å². The zero-order valence-corrected chi connectivity index (χ0v) is 21.1. The summed E-state index contributed by atoms with van der Waals surface area (Å²) in [5, 5.41) is 23.9. The number of rotatable bonds is 7. The van der Waals surface area contributed by atoms with Crippen LogP contribution in [0.3, 0.4) is 0 Å². The van der Waals surface area contributed by atoms with Crippen LogP contribution in [0.2, 0.25) is 0 Å². The van der Waals surface area contributed by atoms with Crippen molar-refractivity contribution in [3.8, 4) is 0 Å². The molecule has 4 rings (SSSR count). The van der Waals surface area contributed by atoms with Crippen LogP contribution in [0, 0.1) is 0 Å². The van der Waals surface area contributed by atoms with Crippen molar-refractivity contribution in [1.82, 2.24) is 10.6 Å². The van der Waals surface area contributed by atoms with Crippen molar-refractivity contribution >= 4 is 12.1 Å². The molecule has 0 radical (unpaired) electrons. The van der Waals surface area contributed by atoms with E-state index in [-0.39, 0.29) is 12.0 Å². The van der Waals surface area contributed by atoms with E-state index in [0.717, 1.165) is 35.2 Å². The molecule has 1 aliphatic rings. The number of piperidine rings is 1. The van der Waals surface area contributed by atoms with Gasteiger partial charge < -0.3 is 25.6 Å². The SMILES string of the molecule is O=C(NCc1ccccc1)OC1CNCCC1c1ccc(C(O)Cc2ccccc2)cc1.O=C(O)C(F)(F)F. The fourth-order valence-corrected chi connectivity index (χ4v) is 4.20. The molecule has 3 atom stereocenters. The third kappa shape index (κ3) is 9.73. The summed E-state index contributed by atoms with van der Waals surface area (Å²) < 4.78 is 37.5. The molecule has 1 amide bonds. The van der Waals surface area contributed by atoms with E-state index in [0.29, 0.717) is 19.5 Å². The van der Waals surface area contributed by atoms with Crippen molar-refractivity contribution in [2.75, 3.05) is 13.1 Å². The van der Waals surface area contributed by atoms with Gasteiger partial charge in [0.25, 0.3) is 0 Å². The number of hydrogen-bond acceptors (Lipinski definition) is 5. The molecule has 7 nitrogen and oxygen atoms in total. The zero-order chi connectivity index (χ0) is 28.3. The molecule has 0 aromatic heterocycles. The molecule has 0 aliphatic carbocycles. The Balaban J connectivity index is 0.000000532. The lowest BCUT2D eigenvalue weighted by molar-refractivity contribution is -0.192. The van der Waals surface area contributed by atoms with Crippen molar-refractivity contribution in [1.29, 1.82) is 0 Å². The predicted octanol–water partition coefficient (Wildman–Crippen LogP) is 4.97. The van der Waals surface area contributed by atoms with Gasteiger partial charge in [0.2, 0.25) is 0 Å². The summed E-state index contributed by atoms with van der Waals surface area (Å²) in [6.07, 6.45) is -4.79. The number of alkyl halides is 3. The van der Waals surface area contributed by atoms with Crippen molar-refractivity contribution in [3.63, 3.8) is 0 Å². The number of alkyl carbamates (subject to hydrolysis) is 1. The second-order valence-electron chi connectivity index (χ2n) is 9.06. The highest BCUT2D eigenvalue weighted by molar-refractivity contribution is 5.73. The summed E-state index contributed by atoms with van der Waals surface area (Å²) in [7, 11) is 0. The minimum absolute atomic E-state index is 0.124. The van der Waals surface area contributed by atoms with E-state index in [2.05, 4.69) is 22.8 Å². The maximum absolute atomic E-state index is 12.4. The topological polar surface area (TPSA) is 108 Å². The van der Waals surface area contributed by atoms with Crippen LogP contribution in [0.15, 0.2) is 84.9 Å². The molecule has 0 spiro atoms. The summed E-state index contributed by atoms with van der Waals surface area (Å²) in [5.41, 5.74) is 4.16. The molecule has 3 aromatic carbocycles. The van der Waals surface area contributed by atoms with Crippen LogP contribution in [0.1, 0.15) is 40.7 Å². The number of nitrogens with one attached hydrogen (secondary N) is 2. The predicted molar refractivity (Wildman–Crippen MR) is 139 cm³/mol. The molecule has 0 bridgehead atoms. The quantitative estimate of drug-likeness (QED) is 0.335. The van der Waals surface area contributed by atoms with Crippen LogP contribution < -0.4 is 10.6 Å². The van der Waals surface area contributed by atoms with Crippen LogP contribution in [0.4, 0.5) is 18.0 Å². The third-order valence-electron chi connectivity index (χ3n) is 6.23. The maximum atomic E-state index is 12.4. The lowest BCUT2D eigenvalue weighted by Crippen LogP contribution is -2.43. The summed E-state index contributed by atoms with van der Waals surface area (Å²) in [4.78, 5) is 21.3. The van der Waals surface area contributed by atoms with E-state index in [1.165, 1.54) is 0 Å². The summed E-state index contributed by atoms with van der Waals surface area (Å²) >= 11 is 0. The van der Waals surface area contributed by atoms with Crippen molar-refractivity contribution in [2.45, 2.75) is 43.7 Å². The number of aliphatic carboxylic acids is 1. The van der Waals surface area contributed by atoms with Gasteiger partial charge in [-0.1, -0.05) is 84.9 Å². The Bertz CT molecular complexity index is 1180. The average molecular weight is 545 g/mol. The normalized spacial score (nSPS) is 17.7. The number of hydrogen-bond donors (Lipinski definition) is 4. The second-order valence-corrected chi connectivity index (χ2v) is 9.06. The van der Waals surface area contributed by atoms with Crippen molar-refractivity contribution in [2.24, 2.45) is 0 Å². The first kappa shape index (κ1) is 29.7. The van der Waals surface area contributed by atoms with Gasteiger partial charge in [-0.2, -0.15) is 13.2 Å². The van der Waals surface area contributed by atoms with Gasteiger partial charge in [-0.15, -0.1) is 0 Å². The molecule has 4 N–H and O–H groups in total. The lowest BCUT2D eigenvalue weighted by atomic mass is 9.87. The summed E-state index contributed by atoms with van der Waals surface area (Å²) in [5.74, 6) is -2.63. The Hall–Kier alpha value is -3.89. The number of benzene rings is 3. The van der Waals surface area contributed by atoms with Crippen LogP contribution in [0.25, 0.3) is 0 Å². The Morgan fingerprint density at radius 2 is 1.51 bits per heavy atom. The number of carboxylic acids is 1. The number of carbonyl (C=O) groups is 2. The number of ether oxygens (including phenoxy) is 1. The van der Waals surface area contributed by atoms with Gasteiger partial charge in [-0.25, -0.2) is 9.59 Å². The zero-order valence-electron chi connectivity index (χ0n) is 21.1. The number of carbonyl (C=O) groups excluding carboxylic acids is 1. The monoisotopic (exact) mass is 544 g/mol. The van der Waals surface area contributed by atoms with E-state index in [1.807, 2.05) is 72.8 Å². The molecule has 1 saturated heterocycles. The Kier molecular flexibility index (Phi) is 10.9. The van der Waals surface area contributed by atoms with E-state index in [4.69, 9.17) is 14.6 Å². The minimum atomic E-state index is -5.08. The molecule has 1 fully saturated rings. The van der Waals surface area contributed by atoms with Crippen LogP contribution in [0.5, 0.6) is 0 Å². The van der Waals surface area contributed by atoms with Gasteiger partial charge in [0.1, 0.15) is 6.10 Å². The van der Waals surface area contributed by atoms with Gasteiger partial charge in [0, 0.05) is 25.4 Å². The summed E-state index contributed by atoms with van der Waals surface area (Å²) in [6, 6.07) is 27.9. The van der Waals surface area contributed by atoms with E-state index < -0.39 is 24.3 Å². The molecular weight excluding hydrogens is 513 g/mol. The van der Waals surface area contributed by atoms with Gasteiger partial charge in [0.15, 0.2) is 0 Å². The Morgan fingerprint density at radius 3 is 2.08 bits per heavy atom. The molecule has 1 heterocycles. The average Bonchev–Trinajstić information content (AvgIpc) is 2.93. The van der Waals surface area contributed by atoms with Gasteiger partial charge in [-0.05, 0) is 35.2 Å². The lowest BCUT2D eigenvalue weighted by Gasteiger charge is -2.32. The molecule has 1 aliphatic heterocycles. The van der Waals surface area contributed by atoms with Crippen LogP contribution in [-0.2, 0) is 22.5 Å². The first-order valence-corrected chi connectivity index (χ1v) is 12.4. The van der Waals surface area contributed by atoms with Crippen LogP contribution in [-0.4, -0.2) is 47.6 Å². The highest BCUT2D eigenvalue weighted by Crippen LogP contribution is 2.29. The number of aliphatic hydroxyl groups is 1. The standard InChI is InChI=1S/C27H30N2O3.C2HF3O2/c30-25(17-20-7-3-1-4-8-20)23-13-11-22(12-14-23)24-15-16-28-19-26(24)32-27(31)29-18-21-9-5-2-6-10-21;3-2(4,5)1(6)7/h1-14,24-26,28,30H,15-19H2,(H,29,31);(H,6,7). The van der Waals surface area contributed by atoms with E-state index in [1.54, 1.807) is 0 Å². The number of aliphatic hydroxyl groups excluding tert-OH is 1. The third-order valence-corrected chi connectivity index (χ3v) is 6.23. The number of halogens is 3. The fourth-order valence-electron chi connectivity index (χ4n) is 4.20. The molecule has 10 heteroatoms. The molecule has 0 saturated carbocycles. The maximum Gasteiger partial charge on any atom is 0.490 e. The Labute approximate surface area is 224 Å². The first-order chi connectivity index (χ1) is 18.6. The highest BCUT2D eigenvalue weighted by atomic mass is 19.4. The molecular formula is C29H31F3N2O5. The molecule has 39 heavy (non-hydrogen) atoms. The fraction of sp³-hybridized carbons (Fsp3) is 0.310. The van der Waals surface area contributed by atoms with Gasteiger partial charge >= 0.3 is 18.2 Å². The van der Waals surface area contributed by atoms with Gasteiger partial charge in [-0.3, -0.25) is 0 Å².